The monoisotopic (exact) mass is 223 g/mol. The number of halogens is 2. The first kappa shape index (κ1) is 10.8. The molecular weight excluding hydrogens is 212 g/mol. The third-order valence-electron chi connectivity index (χ3n) is 2.39. The fraction of sp³-hybridized carbons (Fsp3) is 0.167. The fourth-order valence-corrected chi connectivity index (χ4v) is 1.55. The number of H-pyrrole nitrogens is 1. The van der Waals surface area contributed by atoms with Gasteiger partial charge in [0.2, 0.25) is 0 Å². The zero-order valence-corrected chi connectivity index (χ0v) is 8.45. The second kappa shape index (κ2) is 4.45. The van der Waals surface area contributed by atoms with E-state index in [9.17, 15) is 13.9 Å². The van der Waals surface area contributed by atoms with Crippen LogP contribution in [0.5, 0.6) is 0 Å². The number of aromatic nitrogens is 1. The molecule has 1 atom stereocenters. The van der Waals surface area contributed by atoms with E-state index in [0.717, 1.165) is 12.1 Å². The summed E-state index contributed by atoms with van der Waals surface area (Å²) in [5.41, 5.74) is 1.21. The molecule has 0 aliphatic heterocycles. The molecule has 2 N–H and O–H groups in total. The van der Waals surface area contributed by atoms with Crippen molar-refractivity contribution >= 4 is 0 Å². The van der Waals surface area contributed by atoms with E-state index in [4.69, 9.17) is 0 Å². The molecule has 0 aliphatic rings. The SMILES string of the molecule is OC(Cc1ccc(F)c(F)c1)c1ccc[nH]1. The van der Waals surface area contributed by atoms with Gasteiger partial charge < -0.3 is 10.1 Å². The number of benzene rings is 1. The van der Waals surface area contributed by atoms with Crippen molar-refractivity contribution in [2.24, 2.45) is 0 Å². The van der Waals surface area contributed by atoms with Crippen LogP contribution in [0.4, 0.5) is 8.78 Å². The van der Waals surface area contributed by atoms with Gasteiger partial charge in [-0.2, -0.15) is 0 Å². The van der Waals surface area contributed by atoms with Gasteiger partial charge >= 0.3 is 0 Å². The Morgan fingerprint density at radius 2 is 2.00 bits per heavy atom. The van der Waals surface area contributed by atoms with Crippen molar-refractivity contribution in [3.63, 3.8) is 0 Å². The largest absolute Gasteiger partial charge is 0.387 e. The summed E-state index contributed by atoms with van der Waals surface area (Å²) in [4.78, 5) is 2.87. The number of nitrogens with one attached hydrogen (secondary N) is 1. The molecule has 0 radical (unpaired) electrons. The molecule has 1 unspecified atom stereocenters. The minimum atomic E-state index is -0.892. The Hall–Kier alpha value is -1.68. The van der Waals surface area contributed by atoms with Crippen LogP contribution in [-0.2, 0) is 6.42 Å². The van der Waals surface area contributed by atoms with Gasteiger partial charge in [-0.1, -0.05) is 6.07 Å². The molecule has 1 aromatic heterocycles. The summed E-state index contributed by atoms with van der Waals surface area (Å²) in [5, 5.41) is 9.78. The van der Waals surface area contributed by atoms with Gasteiger partial charge in [0.25, 0.3) is 0 Å². The van der Waals surface area contributed by atoms with Crippen molar-refractivity contribution < 1.29 is 13.9 Å². The van der Waals surface area contributed by atoms with Gasteiger partial charge in [0, 0.05) is 18.3 Å². The van der Waals surface area contributed by atoms with Crippen LogP contribution in [0.1, 0.15) is 17.4 Å². The standard InChI is InChI=1S/C12H11F2NO/c13-9-4-3-8(6-10(9)14)7-12(16)11-2-1-5-15-11/h1-6,12,15-16H,7H2. The van der Waals surface area contributed by atoms with Crippen molar-refractivity contribution in [1.29, 1.82) is 0 Å². The van der Waals surface area contributed by atoms with E-state index in [1.165, 1.54) is 6.07 Å². The lowest BCUT2D eigenvalue weighted by Gasteiger charge is -2.09. The van der Waals surface area contributed by atoms with Crippen LogP contribution in [-0.4, -0.2) is 10.1 Å². The van der Waals surface area contributed by atoms with Crippen LogP contribution in [0.15, 0.2) is 36.5 Å². The molecule has 4 heteroatoms. The highest BCUT2D eigenvalue weighted by Gasteiger charge is 2.10. The van der Waals surface area contributed by atoms with Crippen LogP contribution < -0.4 is 0 Å². The molecule has 0 amide bonds. The Balaban J connectivity index is 2.12. The minimum absolute atomic E-state index is 0.248. The lowest BCUT2D eigenvalue weighted by Crippen LogP contribution is -2.02. The van der Waals surface area contributed by atoms with Crippen molar-refractivity contribution in [2.45, 2.75) is 12.5 Å². The second-order valence-corrected chi connectivity index (χ2v) is 3.59. The number of aromatic amines is 1. The molecular formula is C12H11F2NO. The Kier molecular flexibility index (Phi) is 3.01. The summed E-state index contributed by atoms with van der Waals surface area (Å²) in [6, 6.07) is 7.13. The van der Waals surface area contributed by atoms with Crippen molar-refractivity contribution in [2.75, 3.05) is 0 Å². The summed E-state index contributed by atoms with van der Waals surface area (Å²) in [6.07, 6.45) is 1.21. The minimum Gasteiger partial charge on any atom is -0.387 e. The van der Waals surface area contributed by atoms with Crippen LogP contribution in [0, 0.1) is 11.6 Å². The van der Waals surface area contributed by atoms with Gasteiger partial charge in [-0.25, -0.2) is 8.78 Å². The lowest BCUT2D eigenvalue weighted by atomic mass is 10.1. The normalized spacial score (nSPS) is 12.7. The van der Waals surface area contributed by atoms with Gasteiger partial charge in [-0.15, -0.1) is 0 Å². The van der Waals surface area contributed by atoms with Crippen molar-refractivity contribution in [1.82, 2.24) is 4.98 Å². The lowest BCUT2D eigenvalue weighted by molar-refractivity contribution is 0.174. The van der Waals surface area contributed by atoms with Crippen LogP contribution in [0.3, 0.4) is 0 Å². The van der Waals surface area contributed by atoms with Crippen LogP contribution in [0.2, 0.25) is 0 Å². The molecule has 2 nitrogen and oxygen atoms in total. The predicted molar refractivity (Wildman–Crippen MR) is 55.8 cm³/mol. The molecule has 2 aromatic rings. The van der Waals surface area contributed by atoms with E-state index >= 15 is 0 Å². The summed E-state index contributed by atoms with van der Waals surface area (Å²) < 4.78 is 25.6. The van der Waals surface area contributed by atoms with Gasteiger partial charge in [0.1, 0.15) is 0 Å². The maximum atomic E-state index is 12.9. The zero-order chi connectivity index (χ0) is 11.5. The first-order chi connectivity index (χ1) is 7.66. The number of hydrogen-bond acceptors (Lipinski definition) is 1. The molecule has 2 rings (SSSR count). The first-order valence-electron chi connectivity index (χ1n) is 4.92. The van der Waals surface area contributed by atoms with Gasteiger partial charge in [0.05, 0.1) is 6.10 Å². The van der Waals surface area contributed by atoms with Crippen LogP contribution >= 0.6 is 0 Å². The quantitative estimate of drug-likeness (QED) is 0.824. The van der Waals surface area contributed by atoms with Gasteiger partial charge in [0.15, 0.2) is 11.6 Å². The van der Waals surface area contributed by atoms with E-state index in [2.05, 4.69) is 4.98 Å². The molecule has 1 heterocycles. The highest BCUT2D eigenvalue weighted by molar-refractivity contribution is 5.20. The molecule has 0 saturated carbocycles. The molecule has 16 heavy (non-hydrogen) atoms. The summed E-state index contributed by atoms with van der Waals surface area (Å²) in [6.45, 7) is 0. The Morgan fingerprint density at radius 3 is 2.62 bits per heavy atom. The molecule has 84 valence electrons. The second-order valence-electron chi connectivity index (χ2n) is 3.59. The topological polar surface area (TPSA) is 36.0 Å². The number of hydrogen-bond donors (Lipinski definition) is 2. The van der Waals surface area contributed by atoms with E-state index in [1.807, 2.05) is 0 Å². The molecule has 0 saturated heterocycles. The Bertz CT molecular complexity index is 468. The third kappa shape index (κ3) is 2.28. The number of rotatable bonds is 3. The Labute approximate surface area is 91.6 Å². The molecule has 0 aliphatic carbocycles. The fourth-order valence-electron chi connectivity index (χ4n) is 1.55. The van der Waals surface area contributed by atoms with Gasteiger partial charge in [-0.3, -0.25) is 0 Å². The smallest absolute Gasteiger partial charge is 0.159 e. The van der Waals surface area contributed by atoms with Crippen molar-refractivity contribution in [3.8, 4) is 0 Å². The average Bonchev–Trinajstić information content (AvgIpc) is 2.77. The molecule has 0 fully saturated rings. The maximum Gasteiger partial charge on any atom is 0.159 e. The summed E-state index contributed by atoms with van der Waals surface area (Å²) in [7, 11) is 0. The Morgan fingerprint density at radius 1 is 1.19 bits per heavy atom. The van der Waals surface area contributed by atoms with E-state index < -0.39 is 17.7 Å². The zero-order valence-electron chi connectivity index (χ0n) is 8.45. The molecule has 1 aromatic carbocycles. The number of aliphatic hydroxyl groups excluding tert-OH is 1. The highest BCUT2D eigenvalue weighted by Crippen LogP contribution is 2.18. The van der Waals surface area contributed by atoms with Crippen molar-refractivity contribution in [3.05, 3.63) is 59.4 Å². The van der Waals surface area contributed by atoms with E-state index in [0.29, 0.717) is 11.3 Å². The van der Waals surface area contributed by atoms with Gasteiger partial charge in [-0.05, 0) is 29.8 Å². The van der Waals surface area contributed by atoms with E-state index in [1.54, 1.807) is 18.3 Å². The predicted octanol–water partition coefficient (Wildman–Crippen LogP) is 2.57. The van der Waals surface area contributed by atoms with E-state index in [-0.39, 0.29) is 6.42 Å². The van der Waals surface area contributed by atoms with Crippen LogP contribution in [0.25, 0.3) is 0 Å². The molecule has 0 bridgehead atoms. The molecule has 0 spiro atoms. The number of aliphatic hydroxyl groups is 1. The average molecular weight is 223 g/mol. The summed E-state index contributed by atoms with van der Waals surface area (Å²) >= 11 is 0. The first-order valence-corrected chi connectivity index (χ1v) is 4.92. The third-order valence-corrected chi connectivity index (χ3v) is 2.39. The maximum absolute atomic E-state index is 12.9. The highest BCUT2D eigenvalue weighted by atomic mass is 19.2. The summed E-state index contributed by atoms with van der Waals surface area (Å²) in [5.74, 6) is -1.77.